The van der Waals surface area contributed by atoms with E-state index in [1.165, 1.54) is 11.8 Å². The Morgan fingerprint density at radius 2 is 0.889 bits per heavy atom. The molecule has 2 rings (SSSR count). The fourth-order valence-corrected chi connectivity index (χ4v) is 3.63. The Morgan fingerprint density at radius 3 is 1.07 bits per heavy atom. The van der Waals surface area contributed by atoms with Crippen LogP contribution in [0.2, 0.25) is 0 Å². The van der Waals surface area contributed by atoms with Crippen LogP contribution in [-0.2, 0) is 15.1 Å². The number of hydrogen-bond acceptors (Lipinski definition) is 0. The summed E-state index contributed by atoms with van der Waals surface area (Å²) in [6.45, 7) is 28.0. The third kappa shape index (κ3) is 5.74. The molecule has 2 aliphatic carbocycles. The molecule has 0 aliphatic heterocycles. The topological polar surface area (TPSA) is 0 Å². The molecule has 2 unspecified atom stereocenters. The second-order valence-corrected chi connectivity index (χ2v) is 13.0. The molecular weight excluding hydrogens is 460 g/mol. The summed E-state index contributed by atoms with van der Waals surface area (Å²) in [5.41, 5.74) is 1.43. The third-order valence-corrected chi connectivity index (χ3v) is 8.74. The Morgan fingerprint density at radius 1 is 0.667 bits per heavy atom. The zero-order valence-electron chi connectivity index (χ0n) is 19.6. The van der Waals surface area contributed by atoms with Crippen molar-refractivity contribution in [1.82, 2.24) is 0 Å². The van der Waals surface area contributed by atoms with Crippen LogP contribution in [-0.4, -0.2) is 0 Å². The van der Waals surface area contributed by atoms with Crippen LogP contribution >= 0.6 is 19.4 Å². The van der Waals surface area contributed by atoms with Crippen LogP contribution in [0.25, 0.3) is 0 Å². The zero-order valence-corrected chi connectivity index (χ0v) is 22.8. The summed E-state index contributed by atoms with van der Waals surface area (Å²) in [6.07, 6.45) is 9.24. The fraction of sp³-hybridized carbons (Fsp3) is 0.750. The van der Waals surface area contributed by atoms with Crippen LogP contribution in [0.4, 0.5) is 0 Å². The average molecular weight is 503 g/mol. The van der Waals surface area contributed by atoms with E-state index in [4.69, 9.17) is 19.4 Å². The van der Waals surface area contributed by atoms with Crippen molar-refractivity contribution in [3.8, 4) is 0 Å². The SMILES string of the molecule is C[C-]1C=CC(C)C(C)(C)C1(C)C.C[C-]1C=CC(C)C(C)(C)C1(C)C.[Cl][Ru][Cl]. The van der Waals surface area contributed by atoms with E-state index in [-0.39, 0.29) is 15.1 Å². The Hall–Kier alpha value is 0.423. The minimum absolute atomic E-state index is 0.334. The van der Waals surface area contributed by atoms with Crippen molar-refractivity contribution in [2.75, 3.05) is 0 Å². The number of hydrogen-bond donors (Lipinski definition) is 0. The summed E-state index contributed by atoms with van der Waals surface area (Å²) < 4.78 is 0. The van der Waals surface area contributed by atoms with E-state index in [0.717, 1.165) is 0 Å². The average Bonchev–Trinajstić information content (AvgIpc) is 2.55. The van der Waals surface area contributed by atoms with E-state index in [1.807, 2.05) is 0 Å². The molecule has 0 radical (unpaired) electrons. The second-order valence-electron chi connectivity index (χ2n) is 10.4. The Balaban J connectivity index is 0.000000438. The van der Waals surface area contributed by atoms with Crippen LogP contribution in [0.1, 0.15) is 83.1 Å². The zero-order chi connectivity index (χ0) is 21.8. The van der Waals surface area contributed by atoms with Gasteiger partial charge in [-0.2, -0.15) is 0 Å². The molecule has 2 aliphatic rings. The summed E-state index contributed by atoms with van der Waals surface area (Å²) in [5.74, 6) is 4.36. The molecule has 0 saturated carbocycles. The fourth-order valence-electron chi connectivity index (χ4n) is 3.63. The van der Waals surface area contributed by atoms with Gasteiger partial charge < -0.3 is 0 Å². The van der Waals surface area contributed by atoms with Gasteiger partial charge in [-0.25, -0.2) is 36.1 Å². The summed E-state index contributed by atoms with van der Waals surface area (Å²) >= 11 is -0.346. The normalized spacial score (nSPS) is 29.4. The summed E-state index contributed by atoms with van der Waals surface area (Å²) in [6, 6.07) is 0. The maximum atomic E-state index is 4.85. The number of rotatable bonds is 0. The van der Waals surface area contributed by atoms with E-state index in [0.29, 0.717) is 33.5 Å². The van der Waals surface area contributed by atoms with Gasteiger partial charge in [0.15, 0.2) is 0 Å². The van der Waals surface area contributed by atoms with Crippen molar-refractivity contribution >= 4 is 19.4 Å². The Bertz CT molecular complexity index is 424. The first kappa shape index (κ1) is 27.4. The van der Waals surface area contributed by atoms with Gasteiger partial charge in [-0.05, 0) is 0 Å². The van der Waals surface area contributed by atoms with Crippen molar-refractivity contribution in [2.45, 2.75) is 83.1 Å². The van der Waals surface area contributed by atoms with E-state index in [2.05, 4.69) is 107 Å². The quantitative estimate of drug-likeness (QED) is 0.229. The molecule has 0 bridgehead atoms. The predicted molar refractivity (Wildman–Crippen MR) is 121 cm³/mol. The molecule has 0 amide bonds. The van der Waals surface area contributed by atoms with E-state index in [9.17, 15) is 0 Å². The maximum absolute atomic E-state index is 4.85. The molecule has 0 heterocycles. The molecule has 0 aromatic heterocycles. The molecule has 0 nitrogen and oxygen atoms in total. The summed E-state index contributed by atoms with van der Waals surface area (Å²) in [5, 5.41) is 0. The van der Waals surface area contributed by atoms with Crippen molar-refractivity contribution in [2.24, 2.45) is 33.5 Å². The van der Waals surface area contributed by atoms with Crippen molar-refractivity contribution in [3.63, 3.8) is 0 Å². The molecule has 3 heteroatoms. The van der Waals surface area contributed by atoms with Crippen LogP contribution in [0.15, 0.2) is 24.3 Å². The number of halogens is 2. The summed E-state index contributed by atoms with van der Waals surface area (Å²) in [7, 11) is 9.71. The Labute approximate surface area is 186 Å². The van der Waals surface area contributed by atoms with Gasteiger partial charge >= 0.3 is 34.5 Å². The van der Waals surface area contributed by atoms with Gasteiger partial charge in [0.1, 0.15) is 0 Å². The van der Waals surface area contributed by atoms with Gasteiger partial charge in [-0.1, -0.05) is 103 Å². The van der Waals surface area contributed by atoms with E-state index >= 15 is 0 Å². The monoisotopic (exact) mass is 502 g/mol. The molecule has 0 aromatic carbocycles. The molecule has 0 aromatic rings. The van der Waals surface area contributed by atoms with E-state index in [1.54, 1.807) is 0 Å². The second kappa shape index (κ2) is 9.95. The van der Waals surface area contributed by atoms with Crippen LogP contribution in [0.5, 0.6) is 0 Å². The van der Waals surface area contributed by atoms with Gasteiger partial charge in [0.2, 0.25) is 0 Å². The minimum atomic E-state index is -0.346. The van der Waals surface area contributed by atoms with Gasteiger partial charge in [-0.3, -0.25) is 0 Å². The predicted octanol–water partition coefficient (Wildman–Crippen LogP) is 9.05. The van der Waals surface area contributed by atoms with Gasteiger partial charge in [-0.15, -0.1) is 13.8 Å². The Kier molecular flexibility index (Phi) is 10.1. The molecule has 0 spiro atoms. The van der Waals surface area contributed by atoms with Gasteiger partial charge in [0.25, 0.3) is 0 Å². The first-order valence-corrected chi connectivity index (χ1v) is 14.4. The molecule has 27 heavy (non-hydrogen) atoms. The van der Waals surface area contributed by atoms with Gasteiger partial charge in [0, 0.05) is 0 Å². The molecule has 0 fully saturated rings. The molecule has 0 N–H and O–H groups in total. The van der Waals surface area contributed by atoms with Crippen molar-refractivity contribution < 1.29 is 15.1 Å². The first-order chi connectivity index (χ1) is 12.0. The van der Waals surface area contributed by atoms with Crippen LogP contribution in [0.3, 0.4) is 0 Å². The van der Waals surface area contributed by atoms with Gasteiger partial charge in [0.05, 0.1) is 0 Å². The van der Waals surface area contributed by atoms with Crippen molar-refractivity contribution in [1.29, 1.82) is 0 Å². The standard InChI is InChI=1S/2C12H21.2ClH.Ru/c2*1-9-7-8-10(2)12(5,6)11(9,3)4;;;/h2*7-9H,1-6H3;2*1H;/q2*-1;;;+2/p-2. The molecular formula is C24H42Cl2Ru-2. The molecule has 0 saturated heterocycles. The third-order valence-electron chi connectivity index (χ3n) is 8.74. The molecule has 162 valence electrons. The summed E-state index contributed by atoms with van der Waals surface area (Å²) in [4.78, 5) is 0. The van der Waals surface area contributed by atoms with E-state index < -0.39 is 0 Å². The first-order valence-electron chi connectivity index (χ1n) is 9.91. The van der Waals surface area contributed by atoms with Crippen molar-refractivity contribution in [3.05, 3.63) is 36.1 Å². The van der Waals surface area contributed by atoms with Crippen LogP contribution in [0, 0.1) is 45.3 Å². The number of allylic oxidation sites excluding steroid dienone is 4. The molecule has 2 atom stereocenters. The van der Waals surface area contributed by atoms with Crippen LogP contribution < -0.4 is 0 Å².